The van der Waals surface area contributed by atoms with E-state index in [0.29, 0.717) is 26.3 Å². The molecular weight excluding hydrogens is 282 g/mol. The van der Waals surface area contributed by atoms with Gasteiger partial charge in [-0.2, -0.15) is 0 Å². The molecule has 2 aliphatic rings. The van der Waals surface area contributed by atoms with Crippen LogP contribution in [0.25, 0.3) is 11.0 Å². The van der Waals surface area contributed by atoms with Gasteiger partial charge in [-0.05, 0) is 24.5 Å². The van der Waals surface area contributed by atoms with E-state index in [-0.39, 0.29) is 5.92 Å². The van der Waals surface area contributed by atoms with Gasteiger partial charge in [-0.1, -0.05) is 12.1 Å². The van der Waals surface area contributed by atoms with E-state index >= 15 is 0 Å². The number of hydrogen-bond donors (Lipinski definition) is 2. The number of aromatic amines is 1. The first-order valence-corrected chi connectivity index (χ1v) is 7.64. The zero-order chi connectivity index (χ0) is 15.2. The maximum Gasteiger partial charge on any atom is 0.313 e. The second-order valence-corrected chi connectivity index (χ2v) is 6.37. The van der Waals surface area contributed by atoms with Crippen molar-refractivity contribution in [1.29, 1.82) is 0 Å². The molecule has 4 rings (SSSR count). The molecule has 2 saturated heterocycles. The van der Waals surface area contributed by atoms with E-state index in [9.17, 15) is 9.90 Å². The first-order valence-electron chi connectivity index (χ1n) is 7.64. The van der Waals surface area contributed by atoms with Gasteiger partial charge in [0.15, 0.2) is 0 Å². The van der Waals surface area contributed by atoms with Gasteiger partial charge in [-0.3, -0.25) is 9.69 Å². The van der Waals surface area contributed by atoms with Crippen molar-refractivity contribution in [3.63, 3.8) is 0 Å². The van der Waals surface area contributed by atoms with E-state index in [0.717, 1.165) is 29.8 Å². The highest BCUT2D eigenvalue weighted by Gasteiger charge is 2.54. The lowest BCUT2D eigenvalue weighted by Crippen LogP contribution is -2.46. The van der Waals surface area contributed by atoms with Crippen LogP contribution in [0.5, 0.6) is 0 Å². The Labute approximate surface area is 128 Å². The Morgan fingerprint density at radius 3 is 3.14 bits per heavy atom. The molecule has 0 amide bonds. The maximum atomic E-state index is 11.8. The van der Waals surface area contributed by atoms with Crippen molar-refractivity contribution in [1.82, 2.24) is 14.9 Å². The fourth-order valence-electron chi connectivity index (χ4n) is 3.81. The summed E-state index contributed by atoms with van der Waals surface area (Å²) in [5, 5.41) is 9.67. The number of aliphatic carboxylic acids is 1. The molecule has 3 heterocycles. The van der Waals surface area contributed by atoms with Crippen molar-refractivity contribution in [2.75, 3.05) is 26.3 Å². The first kappa shape index (κ1) is 13.7. The zero-order valence-electron chi connectivity index (χ0n) is 12.3. The number of H-pyrrole nitrogens is 1. The van der Waals surface area contributed by atoms with Gasteiger partial charge in [0.05, 0.1) is 24.2 Å². The lowest BCUT2D eigenvalue weighted by Gasteiger charge is -2.34. The normalized spacial score (nSPS) is 28.8. The molecule has 1 aromatic carbocycles. The van der Waals surface area contributed by atoms with Crippen LogP contribution in [0.4, 0.5) is 0 Å². The van der Waals surface area contributed by atoms with E-state index in [1.165, 1.54) is 0 Å². The summed E-state index contributed by atoms with van der Waals surface area (Å²) < 4.78 is 5.46. The number of nitrogens with one attached hydrogen (secondary N) is 1. The number of para-hydroxylation sites is 2. The molecule has 6 nitrogen and oxygen atoms in total. The molecule has 2 aromatic rings. The number of hydrogen-bond acceptors (Lipinski definition) is 4. The van der Waals surface area contributed by atoms with E-state index in [1.54, 1.807) is 0 Å². The minimum atomic E-state index is -0.746. The van der Waals surface area contributed by atoms with E-state index < -0.39 is 11.4 Å². The van der Waals surface area contributed by atoms with E-state index in [2.05, 4.69) is 14.9 Å². The van der Waals surface area contributed by atoms with Gasteiger partial charge in [0.25, 0.3) is 0 Å². The van der Waals surface area contributed by atoms with Crippen LogP contribution in [0, 0.1) is 11.3 Å². The molecule has 6 heteroatoms. The summed E-state index contributed by atoms with van der Waals surface area (Å²) in [6.45, 7) is 2.97. The molecule has 2 N–H and O–H groups in total. The monoisotopic (exact) mass is 301 g/mol. The van der Waals surface area contributed by atoms with Crippen molar-refractivity contribution in [3.05, 3.63) is 30.1 Å². The third kappa shape index (κ3) is 2.10. The van der Waals surface area contributed by atoms with E-state index in [1.807, 2.05) is 24.3 Å². The molecule has 1 aromatic heterocycles. The fraction of sp³-hybridized carbons (Fsp3) is 0.500. The van der Waals surface area contributed by atoms with Gasteiger partial charge in [-0.25, -0.2) is 4.98 Å². The van der Waals surface area contributed by atoms with Gasteiger partial charge in [0.2, 0.25) is 0 Å². The topological polar surface area (TPSA) is 78.5 Å². The molecule has 2 atom stereocenters. The van der Waals surface area contributed by atoms with Crippen molar-refractivity contribution in [3.8, 4) is 0 Å². The standard InChI is InChI=1S/C16H19N3O3/c20-15(21)16-9-19(7-11(16)5-6-22-10-16)8-14-17-12-3-1-2-4-13(12)18-14/h1-4,11H,5-10H2,(H,17,18)(H,20,21)/t11-,16+/m0/s1. The smallest absolute Gasteiger partial charge is 0.313 e. The number of ether oxygens (including phenoxy) is 1. The van der Waals surface area contributed by atoms with Crippen LogP contribution in [0.3, 0.4) is 0 Å². The summed E-state index contributed by atoms with van der Waals surface area (Å²) in [5.74, 6) is 0.328. The second kappa shape index (κ2) is 5.07. The van der Waals surface area contributed by atoms with Crippen LogP contribution in [-0.4, -0.2) is 52.2 Å². The number of imidazole rings is 1. The highest BCUT2D eigenvalue weighted by molar-refractivity contribution is 5.76. The molecular formula is C16H19N3O3. The third-order valence-corrected chi connectivity index (χ3v) is 4.97. The SMILES string of the molecule is O=C(O)[C@]12COCC[C@H]1CN(Cc1nc3ccccc3[nH]1)C2. The fourth-order valence-corrected chi connectivity index (χ4v) is 3.81. The van der Waals surface area contributed by atoms with Crippen LogP contribution in [0.15, 0.2) is 24.3 Å². The van der Waals surface area contributed by atoms with Crippen molar-refractivity contribution >= 4 is 17.0 Å². The molecule has 0 bridgehead atoms. The minimum Gasteiger partial charge on any atom is -0.481 e. The highest BCUT2D eigenvalue weighted by atomic mass is 16.5. The van der Waals surface area contributed by atoms with Crippen LogP contribution in [-0.2, 0) is 16.1 Å². The predicted octanol–water partition coefficient (Wildman–Crippen LogP) is 1.49. The predicted molar refractivity (Wildman–Crippen MR) is 80.4 cm³/mol. The average molecular weight is 301 g/mol. The lowest BCUT2D eigenvalue weighted by molar-refractivity contribution is -0.159. The second-order valence-electron chi connectivity index (χ2n) is 6.37. The van der Waals surface area contributed by atoms with Crippen molar-refractivity contribution < 1.29 is 14.6 Å². The molecule has 2 fully saturated rings. The van der Waals surface area contributed by atoms with Crippen LogP contribution < -0.4 is 0 Å². The lowest BCUT2D eigenvalue weighted by atomic mass is 9.76. The maximum absolute atomic E-state index is 11.8. The van der Waals surface area contributed by atoms with Gasteiger partial charge >= 0.3 is 5.97 Å². The van der Waals surface area contributed by atoms with Crippen LogP contribution >= 0.6 is 0 Å². The highest BCUT2D eigenvalue weighted by Crippen LogP contribution is 2.42. The summed E-state index contributed by atoms with van der Waals surface area (Å²) in [6.07, 6.45) is 0.822. The van der Waals surface area contributed by atoms with E-state index in [4.69, 9.17) is 4.74 Å². The number of fused-ring (bicyclic) bond motifs is 2. The summed E-state index contributed by atoms with van der Waals surface area (Å²) in [6, 6.07) is 7.92. The Hall–Kier alpha value is -1.92. The summed E-state index contributed by atoms with van der Waals surface area (Å²) in [4.78, 5) is 21.9. The molecule has 116 valence electrons. The zero-order valence-corrected chi connectivity index (χ0v) is 12.3. The quantitative estimate of drug-likeness (QED) is 0.898. The Morgan fingerprint density at radius 1 is 1.50 bits per heavy atom. The average Bonchev–Trinajstić information content (AvgIpc) is 3.07. The minimum absolute atomic E-state index is 0.170. The summed E-state index contributed by atoms with van der Waals surface area (Å²) in [7, 11) is 0. The Morgan fingerprint density at radius 2 is 2.36 bits per heavy atom. The number of rotatable bonds is 3. The largest absolute Gasteiger partial charge is 0.481 e. The summed E-state index contributed by atoms with van der Waals surface area (Å²) in [5.41, 5.74) is 1.22. The van der Waals surface area contributed by atoms with Crippen LogP contribution in [0.1, 0.15) is 12.2 Å². The number of nitrogens with zero attached hydrogens (tertiary/aromatic N) is 2. The summed E-state index contributed by atoms with van der Waals surface area (Å²) >= 11 is 0. The molecule has 0 spiro atoms. The number of likely N-dealkylation sites (tertiary alicyclic amines) is 1. The number of benzene rings is 1. The molecule has 0 aliphatic carbocycles. The molecule has 0 radical (unpaired) electrons. The van der Waals surface area contributed by atoms with Gasteiger partial charge < -0.3 is 14.8 Å². The third-order valence-electron chi connectivity index (χ3n) is 4.97. The first-order chi connectivity index (χ1) is 10.7. The number of aromatic nitrogens is 2. The number of carboxylic acid groups (broad SMARTS) is 1. The van der Waals surface area contributed by atoms with Gasteiger partial charge in [0, 0.05) is 19.7 Å². The molecule has 22 heavy (non-hydrogen) atoms. The molecule has 0 unspecified atom stereocenters. The van der Waals surface area contributed by atoms with Gasteiger partial charge in [-0.15, -0.1) is 0 Å². The van der Waals surface area contributed by atoms with Crippen LogP contribution in [0.2, 0.25) is 0 Å². The Kier molecular flexibility index (Phi) is 3.16. The molecule has 0 saturated carbocycles. The number of carboxylic acids is 1. The number of carbonyl (C=O) groups is 1. The van der Waals surface area contributed by atoms with Crippen molar-refractivity contribution in [2.45, 2.75) is 13.0 Å². The van der Waals surface area contributed by atoms with Crippen molar-refractivity contribution in [2.24, 2.45) is 11.3 Å². The Balaban J connectivity index is 1.55. The molecule has 2 aliphatic heterocycles. The van der Waals surface area contributed by atoms with Gasteiger partial charge in [0.1, 0.15) is 11.2 Å². The Bertz CT molecular complexity index is 680.